The van der Waals surface area contributed by atoms with Crippen molar-refractivity contribution in [3.05, 3.63) is 24.3 Å². The average Bonchev–Trinajstić information content (AvgIpc) is 3.35. The molecule has 0 saturated carbocycles. The van der Waals surface area contributed by atoms with Crippen molar-refractivity contribution in [2.75, 3.05) is 6.61 Å². The number of hydrogen-bond acceptors (Lipinski definition) is 5. The highest BCUT2D eigenvalue weighted by atomic mass is 16.5. The van der Waals surface area contributed by atoms with E-state index in [1.54, 1.807) is 0 Å². The zero-order chi connectivity index (χ0) is 50.9. The Hall–Kier alpha value is -1.66. The van der Waals surface area contributed by atoms with Crippen molar-refractivity contribution >= 4 is 11.9 Å². The first-order valence-electron chi connectivity index (χ1n) is 31.6. The van der Waals surface area contributed by atoms with E-state index < -0.39 is 18.2 Å². The van der Waals surface area contributed by atoms with Gasteiger partial charge in [-0.1, -0.05) is 283 Å². The Balaban J connectivity index is 4.51. The molecule has 0 aliphatic carbocycles. The molecule has 0 heterocycles. The molecule has 6 nitrogen and oxygen atoms in total. The summed E-state index contributed by atoms with van der Waals surface area (Å²) in [6.45, 7) is 6.53. The van der Waals surface area contributed by atoms with E-state index in [2.05, 4.69) is 50.4 Å². The Labute approximate surface area is 437 Å². The molecule has 0 radical (unpaired) electrons. The summed E-state index contributed by atoms with van der Waals surface area (Å²) >= 11 is 0. The molecule has 0 rings (SSSR count). The van der Waals surface area contributed by atoms with E-state index in [0.717, 1.165) is 51.4 Å². The van der Waals surface area contributed by atoms with Gasteiger partial charge in [-0.15, -0.1) is 0 Å². The van der Waals surface area contributed by atoms with E-state index in [-0.39, 0.29) is 24.9 Å². The predicted octanol–water partition coefficient (Wildman–Crippen LogP) is 19.8. The van der Waals surface area contributed by atoms with Gasteiger partial charge in [0, 0.05) is 6.42 Å². The third kappa shape index (κ3) is 52.7. The third-order valence-corrected chi connectivity index (χ3v) is 14.8. The second-order valence-electron chi connectivity index (χ2n) is 21.8. The summed E-state index contributed by atoms with van der Waals surface area (Å²) in [4.78, 5) is 26.4. The van der Waals surface area contributed by atoms with Gasteiger partial charge in [-0.05, 0) is 77.0 Å². The molecule has 70 heavy (non-hydrogen) atoms. The van der Waals surface area contributed by atoms with Gasteiger partial charge in [-0.2, -0.15) is 0 Å². The second kappa shape index (κ2) is 58.2. The van der Waals surface area contributed by atoms with Crippen LogP contribution in [-0.2, 0) is 14.3 Å². The minimum absolute atomic E-state index is 0.0791. The molecule has 3 N–H and O–H groups in total. The Morgan fingerprint density at radius 2 is 0.686 bits per heavy atom. The maximum absolute atomic E-state index is 13.3. The number of nitrogens with one attached hydrogen (secondary N) is 1. The molecule has 0 bridgehead atoms. The molecule has 1 amide bonds. The highest BCUT2D eigenvalue weighted by Crippen LogP contribution is 2.19. The number of aliphatic hydroxyl groups is 2. The largest absolute Gasteiger partial charge is 0.462 e. The van der Waals surface area contributed by atoms with E-state index in [4.69, 9.17) is 4.74 Å². The molecule has 6 heteroatoms. The van der Waals surface area contributed by atoms with Crippen LogP contribution in [0, 0.1) is 0 Å². The molecule has 0 aromatic carbocycles. The number of allylic oxidation sites excluding steroid dienone is 4. The number of rotatable bonds is 58. The second-order valence-corrected chi connectivity index (χ2v) is 21.8. The van der Waals surface area contributed by atoms with Crippen LogP contribution in [-0.4, -0.2) is 46.9 Å². The summed E-state index contributed by atoms with van der Waals surface area (Å²) in [6, 6.07) is -0.701. The van der Waals surface area contributed by atoms with Gasteiger partial charge < -0.3 is 20.3 Å². The normalized spacial score (nSPS) is 13.2. The molecule has 0 aromatic heterocycles. The van der Waals surface area contributed by atoms with Crippen LogP contribution in [0.3, 0.4) is 0 Å². The number of unbranched alkanes of at least 4 members (excludes halogenated alkanes) is 42. The van der Waals surface area contributed by atoms with Crippen LogP contribution in [0.1, 0.15) is 348 Å². The number of hydrogen-bond donors (Lipinski definition) is 3. The maximum Gasteiger partial charge on any atom is 0.306 e. The lowest BCUT2D eigenvalue weighted by molar-refractivity contribution is -0.151. The van der Waals surface area contributed by atoms with Crippen molar-refractivity contribution in [1.82, 2.24) is 5.32 Å². The van der Waals surface area contributed by atoms with Gasteiger partial charge in [-0.3, -0.25) is 9.59 Å². The average molecular weight is 987 g/mol. The van der Waals surface area contributed by atoms with Gasteiger partial charge in [0.2, 0.25) is 5.91 Å². The Morgan fingerprint density at radius 3 is 1.01 bits per heavy atom. The third-order valence-electron chi connectivity index (χ3n) is 14.8. The standard InChI is InChI=1S/C64H123NO5/c1-4-7-10-13-16-19-22-25-28-30-31-33-36-39-42-45-48-51-54-57-64(69)70-60(55-52-49-46-43-40-37-35-32-29-26-23-20-17-14-11-8-5-2)58-63(68)65-61(59-66)62(67)56-53-50-47-44-41-38-34-27-24-21-18-15-12-9-6-3/h25-26,28-29,60-62,66-67H,4-24,27,30-59H2,1-3H3,(H,65,68)/b28-25+,29-26+. The summed E-state index contributed by atoms with van der Waals surface area (Å²) in [7, 11) is 0. The van der Waals surface area contributed by atoms with Crippen LogP contribution < -0.4 is 5.32 Å². The lowest BCUT2D eigenvalue weighted by Gasteiger charge is -2.24. The van der Waals surface area contributed by atoms with Crippen molar-refractivity contribution in [3.63, 3.8) is 0 Å². The van der Waals surface area contributed by atoms with E-state index >= 15 is 0 Å². The number of esters is 1. The first-order valence-corrected chi connectivity index (χ1v) is 31.6. The monoisotopic (exact) mass is 986 g/mol. The van der Waals surface area contributed by atoms with Crippen LogP contribution in [0.25, 0.3) is 0 Å². The van der Waals surface area contributed by atoms with Gasteiger partial charge in [-0.25, -0.2) is 0 Å². The van der Waals surface area contributed by atoms with Crippen molar-refractivity contribution in [3.8, 4) is 0 Å². The Morgan fingerprint density at radius 1 is 0.400 bits per heavy atom. The molecule has 3 atom stereocenters. The van der Waals surface area contributed by atoms with Crippen molar-refractivity contribution in [2.24, 2.45) is 0 Å². The first-order chi connectivity index (χ1) is 34.5. The van der Waals surface area contributed by atoms with E-state index in [1.165, 1.54) is 250 Å². The SMILES string of the molecule is CCCCCCCC/C=C/CCCCCCCCCCCC(=O)OC(CCCCCCCCC/C=C/CCCCCCCC)CC(=O)NC(CO)C(O)CCCCCCCCCCCCCCCCC. The smallest absolute Gasteiger partial charge is 0.306 e. The van der Waals surface area contributed by atoms with E-state index in [9.17, 15) is 19.8 Å². The van der Waals surface area contributed by atoms with Crippen LogP contribution >= 0.6 is 0 Å². The molecule has 0 saturated heterocycles. The van der Waals surface area contributed by atoms with Gasteiger partial charge >= 0.3 is 5.97 Å². The van der Waals surface area contributed by atoms with Crippen molar-refractivity contribution in [2.45, 2.75) is 366 Å². The Bertz CT molecular complexity index is 1110. The molecule has 0 aliphatic rings. The summed E-state index contributed by atoms with van der Waals surface area (Å²) in [5.41, 5.74) is 0. The minimum atomic E-state index is -0.787. The van der Waals surface area contributed by atoms with Gasteiger partial charge in [0.05, 0.1) is 25.2 Å². The fraction of sp³-hybridized carbons (Fsp3) is 0.906. The van der Waals surface area contributed by atoms with Crippen molar-refractivity contribution in [1.29, 1.82) is 0 Å². The zero-order valence-corrected chi connectivity index (χ0v) is 47.4. The highest BCUT2D eigenvalue weighted by Gasteiger charge is 2.24. The topological polar surface area (TPSA) is 95.9 Å². The first kappa shape index (κ1) is 68.3. The fourth-order valence-electron chi connectivity index (χ4n) is 9.95. The van der Waals surface area contributed by atoms with Crippen LogP contribution in [0.15, 0.2) is 24.3 Å². The van der Waals surface area contributed by atoms with Gasteiger partial charge in [0.25, 0.3) is 0 Å². The van der Waals surface area contributed by atoms with Crippen LogP contribution in [0.2, 0.25) is 0 Å². The molecule has 3 unspecified atom stereocenters. The summed E-state index contributed by atoms with van der Waals surface area (Å²) in [5.74, 6) is -0.458. The lowest BCUT2D eigenvalue weighted by atomic mass is 10.0. The van der Waals surface area contributed by atoms with Gasteiger partial charge in [0.1, 0.15) is 6.10 Å². The van der Waals surface area contributed by atoms with Crippen LogP contribution in [0.4, 0.5) is 0 Å². The summed E-state index contributed by atoms with van der Waals surface area (Å²) in [5, 5.41) is 24.0. The summed E-state index contributed by atoms with van der Waals surface area (Å²) in [6.07, 6.45) is 69.6. The number of aliphatic hydroxyl groups excluding tert-OH is 2. The Kier molecular flexibility index (Phi) is 56.9. The van der Waals surface area contributed by atoms with E-state index in [0.29, 0.717) is 19.3 Å². The zero-order valence-electron chi connectivity index (χ0n) is 47.4. The molecule has 414 valence electrons. The minimum Gasteiger partial charge on any atom is -0.462 e. The number of ether oxygens (including phenoxy) is 1. The highest BCUT2D eigenvalue weighted by molar-refractivity contribution is 5.77. The number of carbonyl (C=O) groups is 2. The predicted molar refractivity (Wildman–Crippen MR) is 306 cm³/mol. The molecular weight excluding hydrogens is 863 g/mol. The molecule has 0 aromatic rings. The summed E-state index contributed by atoms with van der Waals surface area (Å²) < 4.78 is 5.99. The lowest BCUT2D eigenvalue weighted by Crippen LogP contribution is -2.46. The quantitative estimate of drug-likeness (QED) is 0.0321. The molecular formula is C64H123NO5. The maximum atomic E-state index is 13.3. The van der Waals surface area contributed by atoms with E-state index in [1.807, 2.05) is 0 Å². The number of amides is 1. The fourth-order valence-corrected chi connectivity index (χ4v) is 9.95. The van der Waals surface area contributed by atoms with Gasteiger partial charge in [0.15, 0.2) is 0 Å². The molecule has 0 fully saturated rings. The number of carbonyl (C=O) groups excluding carboxylic acids is 2. The molecule has 0 spiro atoms. The molecule has 0 aliphatic heterocycles. The van der Waals surface area contributed by atoms with Crippen LogP contribution in [0.5, 0.6) is 0 Å². The van der Waals surface area contributed by atoms with Crippen molar-refractivity contribution < 1.29 is 24.5 Å².